The van der Waals surface area contributed by atoms with Gasteiger partial charge in [-0.25, -0.2) is 0 Å². The highest BCUT2D eigenvalue weighted by molar-refractivity contribution is 7.99. The largest absolute Gasteiger partial charge is 0.493 e. The van der Waals surface area contributed by atoms with Gasteiger partial charge in [0.25, 0.3) is 0 Å². The molecule has 0 saturated carbocycles. The number of carbonyl (C=O) groups excluding carboxylic acids is 1. The number of amides is 1. The second kappa shape index (κ2) is 11.0. The van der Waals surface area contributed by atoms with Crippen LogP contribution in [0.4, 0.5) is 0 Å². The zero-order valence-corrected chi connectivity index (χ0v) is 20.1. The van der Waals surface area contributed by atoms with E-state index in [-0.39, 0.29) is 5.91 Å². The Hall–Kier alpha value is -3.00. The van der Waals surface area contributed by atoms with E-state index in [0.29, 0.717) is 23.8 Å². The van der Waals surface area contributed by atoms with Gasteiger partial charge in [0.1, 0.15) is 0 Å². The fraction of sp³-hybridized carbons (Fsp3) is 0.375. The van der Waals surface area contributed by atoms with Crippen LogP contribution in [-0.4, -0.2) is 59.1 Å². The summed E-state index contributed by atoms with van der Waals surface area (Å²) in [5, 5.41) is 9.49. The summed E-state index contributed by atoms with van der Waals surface area (Å²) < 4.78 is 12.7. The molecule has 0 radical (unpaired) electrons. The fourth-order valence-corrected chi connectivity index (χ4v) is 4.34. The Morgan fingerprint density at radius 3 is 2.53 bits per heavy atom. The average molecular weight is 455 g/mol. The molecule has 0 N–H and O–H groups in total. The van der Waals surface area contributed by atoms with Crippen LogP contribution in [0.1, 0.15) is 18.1 Å². The smallest absolute Gasteiger partial charge is 0.232 e. The third kappa shape index (κ3) is 5.43. The normalized spacial score (nSPS) is 10.8. The number of aromatic nitrogens is 3. The van der Waals surface area contributed by atoms with Crippen LogP contribution in [0.3, 0.4) is 0 Å². The molecule has 0 aliphatic rings. The Kier molecular flexibility index (Phi) is 8.16. The van der Waals surface area contributed by atoms with E-state index >= 15 is 0 Å². The summed E-state index contributed by atoms with van der Waals surface area (Å²) in [5.41, 5.74) is 3.30. The van der Waals surface area contributed by atoms with Gasteiger partial charge in [-0.1, -0.05) is 42.1 Å². The number of aryl methyl sites for hydroxylation is 1. The van der Waals surface area contributed by atoms with E-state index in [0.717, 1.165) is 40.6 Å². The number of rotatable bonds is 10. The van der Waals surface area contributed by atoms with Crippen LogP contribution < -0.4 is 9.47 Å². The van der Waals surface area contributed by atoms with E-state index in [1.54, 1.807) is 19.1 Å². The van der Waals surface area contributed by atoms with Crippen LogP contribution >= 0.6 is 11.8 Å². The van der Waals surface area contributed by atoms with Crippen molar-refractivity contribution in [2.45, 2.75) is 32.0 Å². The summed E-state index contributed by atoms with van der Waals surface area (Å²) in [7, 11) is 5.06. The highest BCUT2D eigenvalue weighted by Crippen LogP contribution is 2.28. The van der Waals surface area contributed by atoms with Gasteiger partial charge in [-0.2, -0.15) is 0 Å². The molecule has 170 valence electrons. The second-order valence-electron chi connectivity index (χ2n) is 7.41. The van der Waals surface area contributed by atoms with Gasteiger partial charge in [0.2, 0.25) is 5.91 Å². The molecule has 8 heteroatoms. The molecule has 0 aliphatic carbocycles. The third-order valence-electron chi connectivity index (χ3n) is 5.35. The number of carbonyl (C=O) groups is 1. The molecule has 1 amide bonds. The zero-order valence-electron chi connectivity index (χ0n) is 19.3. The zero-order chi connectivity index (χ0) is 23.1. The number of likely N-dealkylation sites (N-methyl/N-ethyl adjacent to an activating group) is 1. The number of thioether (sulfide) groups is 1. The van der Waals surface area contributed by atoms with Gasteiger partial charge < -0.3 is 18.9 Å². The highest BCUT2D eigenvalue weighted by atomic mass is 32.2. The molecule has 0 aliphatic heterocycles. The van der Waals surface area contributed by atoms with Crippen molar-refractivity contribution >= 4 is 17.7 Å². The minimum atomic E-state index is 0.0542. The Balaban J connectivity index is 1.59. The summed E-state index contributed by atoms with van der Waals surface area (Å²) in [4.78, 5) is 14.4. The minimum Gasteiger partial charge on any atom is -0.493 e. The Morgan fingerprint density at radius 1 is 1.09 bits per heavy atom. The van der Waals surface area contributed by atoms with Crippen LogP contribution in [-0.2, 0) is 17.8 Å². The van der Waals surface area contributed by atoms with Crippen molar-refractivity contribution in [2.24, 2.45) is 0 Å². The first-order chi connectivity index (χ1) is 15.5. The van der Waals surface area contributed by atoms with Gasteiger partial charge in [-0.15, -0.1) is 10.2 Å². The molecule has 0 atom stereocenters. The van der Waals surface area contributed by atoms with Crippen molar-refractivity contribution in [3.8, 4) is 22.9 Å². The Labute approximate surface area is 193 Å². The minimum absolute atomic E-state index is 0.0542. The summed E-state index contributed by atoms with van der Waals surface area (Å²) in [6, 6.07) is 13.9. The molecule has 1 heterocycles. The molecule has 2 aromatic carbocycles. The van der Waals surface area contributed by atoms with Crippen molar-refractivity contribution in [2.75, 3.05) is 33.6 Å². The number of hydrogen-bond acceptors (Lipinski definition) is 6. The topological polar surface area (TPSA) is 69.5 Å². The lowest BCUT2D eigenvalue weighted by atomic mass is 10.1. The van der Waals surface area contributed by atoms with Crippen LogP contribution in [0, 0.1) is 6.92 Å². The van der Waals surface area contributed by atoms with Gasteiger partial charge >= 0.3 is 0 Å². The quantitative estimate of drug-likeness (QED) is 0.430. The average Bonchev–Trinajstić information content (AvgIpc) is 3.23. The number of ether oxygens (including phenoxy) is 2. The first-order valence-corrected chi connectivity index (χ1v) is 11.5. The van der Waals surface area contributed by atoms with Crippen molar-refractivity contribution in [1.82, 2.24) is 19.7 Å². The summed E-state index contributed by atoms with van der Waals surface area (Å²) >= 11 is 1.42. The highest BCUT2D eigenvalue weighted by Gasteiger charge is 2.17. The monoisotopic (exact) mass is 454 g/mol. The van der Waals surface area contributed by atoms with E-state index in [4.69, 9.17) is 9.47 Å². The van der Waals surface area contributed by atoms with E-state index in [2.05, 4.69) is 34.7 Å². The van der Waals surface area contributed by atoms with E-state index in [1.807, 2.05) is 43.4 Å². The SMILES string of the molecule is CCn1c(SCC(=O)N(C)CCc2ccc(OC)c(OC)c2)nnc1-c1ccccc1C. The molecule has 32 heavy (non-hydrogen) atoms. The van der Waals surface area contributed by atoms with Crippen molar-refractivity contribution in [3.63, 3.8) is 0 Å². The number of benzene rings is 2. The number of nitrogens with zero attached hydrogens (tertiary/aromatic N) is 4. The lowest BCUT2D eigenvalue weighted by molar-refractivity contribution is -0.127. The van der Waals surface area contributed by atoms with Crippen LogP contribution in [0.15, 0.2) is 47.6 Å². The van der Waals surface area contributed by atoms with Crippen LogP contribution in [0.25, 0.3) is 11.4 Å². The molecule has 3 aromatic rings. The van der Waals surface area contributed by atoms with Gasteiger partial charge in [0, 0.05) is 25.7 Å². The molecular formula is C24H30N4O3S. The molecule has 0 saturated heterocycles. The van der Waals surface area contributed by atoms with Crippen LogP contribution in [0.2, 0.25) is 0 Å². The molecular weight excluding hydrogens is 424 g/mol. The first kappa shape index (κ1) is 23.7. The maximum Gasteiger partial charge on any atom is 0.232 e. The van der Waals surface area contributed by atoms with E-state index in [1.165, 1.54) is 11.8 Å². The van der Waals surface area contributed by atoms with Crippen molar-refractivity contribution in [1.29, 1.82) is 0 Å². The lowest BCUT2D eigenvalue weighted by Gasteiger charge is -2.17. The molecule has 0 unspecified atom stereocenters. The van der Waals surface area contributed by atoms with E-state index < -0.39 is 0 Å². The molecule has 0 bridgehead atoms. The molecule has 0 fully saturated rings. The van der Waals surface area contributed by atoms with Crippen LogP contribution in [0.5, 0.6) is 11.5 Å². The van der Waals surface area contributed by atoms with Crippen molar-refractivity contribution in [3.05, 3.63) is 53.6 Å². The van der Waals surface area contributed by atoms with E-state index in [9.17, 15) is 4.79 Å². The Morgan fingerprint density at radius 2 is 1.84 bits per heavy atom. The predicted molar refractivity (Wildman–Crippen MR) is 127 cm³/mol. The maximum absolute atomic E-state index is 12.7. The first-order valence-electron chi connectivity index (χ1n) is 10.5. The Bertz CT molecular complexity index is 1070. The third-order valence-corrected chi connectivity index (χ3v) is 6.30. The number of hydrogen-bond donors (Lipinski definition) is 0. The van der Waals surface area contributed by atoms with Gasteiger partial charge in [-0.05, 0) is 43.5 Å². The molecule has 7 nitrogen and oxygen atoms in total. The summed E-state index contributed by atoms with van der Waals surface area (Å²) in [6.07, 6.45) is 0.732. The van der Waals surface area contributed by atoms with Gasteiger partial charge in [0.05, 0.1) is 20.0 Å². The second-order valence-corrected chi connectivity index (χ2v) is 8.35. The molecule has 1 aromatic heterocycles. The lowest BCUT2D eigenvalue weighted by Crippen LogP contribution is -2.30. The predicted octanol–water partition coefficient (Wildman–Crippen LogP) is 4.08. The molecule has 3 rings (SSSR count). The maximum atomic E-state index is 12.7. The van der Waals surface area contributed by atoms with Crippen molar-refractivity contribution < 1.29 is 14.3 Å². The molecule has 0 spiro atoms. The standard InChI is InChI=1S/C24H30N4O3S/c1-6-28-23(19-10-8-7-9-17(19)2)25-26-24(28)32-16-22(29)27(3)14-13-18-11-12-20(30-4)21(15-18)31-5/h7-12,15H,6,13-14,16H2,1-5H3. The summed E-state index contributed by atoms with van der Waals surface area (Å²) in [6.45, 7) is 5.48. The summed E-state index contributed by atoms with van der Waals surface area (Å²) in [5.74, 6) is 2.59. The van der Waals surface area contributed by atoms with Gasteiger partial charge in [-0.3, -0.25) is 4.79 Å². The fourth-order valence-electron chi connectivity index (χ4n) is 3.40. The van der Waals surface area contributed by atoms with Gasteiger partial charge in [0.15, 0.2) is 22.5 Å². The number of methoxy groups -OCH3 is 2.